The number of fused-ring (bicyclic) bond motifs is 3. The summed E-state index contributed by atoms with van der Waals surface area (Å²) in [4.78, 5) is 19.2. The maximum Gasteiger partial charge on any atom is 0.416 e. The van der Waals surface area contributed by atoms with E-state index in [2.05, 4.69) is 9.97 Å². The lowest BCUT2D eigenvalue weighted by molar-refractivity contribution is -0.385. The third kappa shape index (κ3) is 4.20. The fourth-order valence-electron chi connectivity index (χ4n) is 4.26. The molecule has 0 aliphatic carbocycles. The van der Waals surface area contributed by atoms with E-state index in [1.54, 1.807) is 29.5 Å². The first-order valence-corrected chi connectivity index (χ1v) is 10.8. The molecule has 1 aliphatic heterocycles. The smallest absolute Gasteiger partial charge is 0.416 e. The van der Waals surface area contributed by atoms with Crippen molar-refractivity contribution in [2.75, 3.05) is 18.9 Å². The predicted molar refractivity (Wildman–Crippen MR) is 120 cm³/mol. The molecule has 2 aromatic heterocycles. The summed E-state index contributed by atoms with van der Waals surface area (Å²) in [6.07, 6.45) is -2.56. The zero-order chi connectivity index (χ0) is 24.9. The topological polar surface area (TPSA) is 118 Å². The number of alkyl halides is 3. The van der Waals surface area contributed by atoms with Crippen molar-refractivity contribution in [1.29, 1.82) is 0 Å². The van der Waals surface area contributed by atoms with Gasteiger partial charge in [0.05, 0.1) is 35.4 Å². The van der Waals surface area contributed by atoms with E-state index in [9.17, 15) is 23.3 Å². The molecule has 1 saturated heterocycles. The number of nitrogen functional groups attached to an aromatic ring is 1. The van der Waals surface area contributed by atoms with Crippen molar-refractivity contribution in [2.24, 2.45) is 0 Å². The van der Waals surface area contributed by atoms with Crippen molar-refractivity contribution in [3.8, 4) is 5.75 Å². The molecule has 0 amide bonds. The molecule has 182 valence electrons. The maximum absolute atomic E-state index is 13.4. The molecule has 4 aromatic rings. The van der Waals surface area contributed by atoms with Gasteiger partial charge in [0.25, 0.3) is 5.69 Å². The van der Waals surface area contributed by atoms with Crippen molar-refractivity contribution < 1.29 is 27.6 Å². The molecule has 35 heavy (non-hydrogen) atoms. The Hall–Kier alpha value is -3.93. The number of ether oxygens (including phenoxy) is 2. The molecule has 1 fully saturated rings. The van der Waals surface area contributed by atoms with Crippen LogP contribution in [0.4, 0.5) is 24.7 Å². The number of anilines is 1. The highest BCUT2D eigenvalue weighted by Crippen LogP contribution is 2.37. The second-order valence-electron chi connectivity index (χ2n) is 8.38. The Bertz CT molecular complexity index is 1450. The van der Waals surface area contributed by atoms with Crippen LogP contribution in [-0.4, -0.2) is 38.6 Å². The Labute approximate surface area is 196 Å². The number of nitrogens with two attached hydrogens (primary N) is 1. The van der Waals surface area contributed by atoms with Gasteiger partial charge in [-0.25, -0.2) is 9.97 Å². The first-order chi connectivity index (χ1) is 16.6. The average Bonchev–Trinajstić information content (AvgIpc) is 3.48. The van der Waals surface area contributed by atoms with Gasteiger partial charge in [-0.15, -0.1) is 0 Å². The molecular formula is C23H20F3N5O4. The third-order valence-corrected chi connectivity index (χ3v) is 6.05. The van der Waals surface area contributed by atoms with Gasteiger partial charge >= 0.3 is 6.18 Å². The van der Waals surface area contributed by atoms with Crippen molar-refractivity contribution in [3.05, 3.63) is 69.7 Å². The summed E-state index contributed by atoms with van der Waals surface area (Å²) in [6, 6.07) is 7.85. The Morgan fingerprint density at radius 3 is 2.77 bits per heavy atom. The summed E-state index contributed by atoms with van der Waals surface area (Å²) >= 11 is 0. The SMILES string of the molecule is C[C@H](c1cc([N+](=O)[O-])cc(C(F)(F)F)c1)c1ncc2nc(N)c3cc(O[C@H]4CCOC4)ccc3n12. The minimum absolute atomic E-state index is 0.0640. The van der Waals surface area contributed by atoms with E-state index in [1.165, 1.54) is 6.20 Å². The summed E-state index contributed by atoms with van der Waals surface area (Å²) in [5.74, 6) is 0.473. The highest BCUT2D eigenvalue weighted by Gasteiger charge is 2.34. The van der Waals surface area contributed by atoms with Crippen LogP contribution in [0.5, 0.6) is 5.75 Å². The summed E-state index contributed by atoms with van der Waals surface area (Å²) in [5, 5.41) is 11.9. The number of imidazole rings is 1. The second-order valence-corrected chi connectivity index (χ2v) is 8.38. The van der Waals surface area contributed by atoms with Crippen molar-refractivity contribution in [1.82, 2.24) is 14.4 Å². The molecule has 2 atom stereocenters. The zero-order valence-corrected chi connectivity index (χ0v) is 18.5. The first-order valence-electron chi connectivity index (χ1n) is 10.8. The number of hydrogen-bond donors (Lipinski definition) is 1. The van der Waals surface area contributed by atoms with Crippen LogP contribution in [0.25, 0.3) is 16.6 Å². The lowest BCUT2D eigenvalue weighted by Crippen LogP contribution is -2.15. The van der Waals surface area contributed by atoms with Crippen LogP contribution >= 0.6 is 0 Å². The minimum Gasteiger partial charge on any atom is -0.488 e. The van der Waals surface area contributed by atoms with Gasteiger partial charge in [0.1, 0.15) is 23.5 Å². The van der Waals surface area contributed by atoms with Crippen LogP contribution in [0.3, 0.4) is 0 Å². The van der Waals surface area contributed by atoms with Crippen LogP contribution in [-0.2, 0) is 10.9 Å². The molecule has 0 unspecified atom stereocenters. The predicted octanol–water partition coefficient (Wildman–Crippen LogP) is 4.71. The maximum atomic E-state index is 13.4. The van der Waals surface area contributed by atoms with Crippen LogP contribution < -0.4 is 10.5 Å². The third-order valence-electron chi connectivity index (χ3n) is 6.05. The van der Waals surface area contributed by atoms with E-state index in [0.717, 1.165) is 18.6 Å². The Morgan fingerprint density at radius 1 is 1.29 bits per heavy atom. The Morgan fingerprint density at radius 2 is 2.09 bits per heavy atom. The molecule has 5 rings (SSSR count). The summed E-state index contributed by atoms with van der Waals surface area (Å²) < 4.78 is 53.2. The molecule has 1 aliphatic rings. The lowest BCUT2D eigenvalue weighted by atomic mass is 9.97. The van der Waals surface area contributed by atoms with E-state index in [1.807, 2.05) is 0 Å². The zero-order valence-electron chi connectivity index (χ0n) is 18.5. The van der Waals surface area contributed by atoms with Crippen LogP contribution in [0.15, 0.2) is 42.6 Å². The van der Waals surface area contributed by atoms with E-state index in [4.69, 9.17) is 15.2 Å². The highest BCUT2D eigenvalue weighted by molar-refractivity contribution is 5.91. The van der Waals surface area contributed by atoms with Gasteiger partial charge in [-0.1, -0.05) is 6.92 Å². The quantitative estimate of drug-likeness (QED) is 0.320. The average molecular weight is 487 g/mol. The van der Waals surface area contributed by atoms with Gasteiger partial charge < -0.3 is 15.2 Å². The molecule has 2 aromatic carbocycles. The van der Waals surface area contributed by atoms with E-state index >= 15 is 0 Å². The molecular weight excluding hydrogens is 467 g/mol. The normalized spacial score (nSPS) is 17.2. The van der Waals surface area contributed by atoms with Crippen LogP contribution in [0, 0.1) is 10.1 Å². The second kappa shape index (κ2) is 8.38. The highest BCUT2D eigenvalue weighted by atomic mass is 19.4. The number of benzene rings is 2. The number of nitrogens with zero attached hydrogens (tertiary/aromatic N) is 4. The summed E-state index contributed by atoms with van der Waals surface area (Å²) in [7, 11) is 0. The number of nitro groups is 1. The van der Waals surface area contributed by atoms with Crippen molar-refractivity contribution >= 4 is 28.1 Å². The number of hydrogen-bond acceptors (Lipinski definition) is 7. The monoisotopic (exact) mass is 487 g/mol. The molecule has 12 heteroatoms. The van der Waals surface area contributed by atoms with Gasteiger partial charge in [-0.05, 0) is 29.8 Å². The minimum atomic E-state index is -4.74. The standard InChI is InChI=1S/C23H20F3N5O4/c1-12(13-6-14(23(24,25)26)8-15(7-13)31(32)33)22-28-10-20-29-21(27)18-9-16(2-3-19(18)30(20)22)35-17-4-5-34-11-17/h2-3,6-10,12,17H,4-5,11H2,1H3,(H2,27,29)/t12-,17+/m1/s1. The fourth-order valence-corrected chi connectivity index (χ4v) is 4.26. The number of rotatable bonds is 5. The van der Waals surface area contributed by atoms with Gasteiger partial charge in [0.15, 0.2) is 5.65 Å². The van der Waals surface area contributed by atoms with Crippen molar-refractivity contribution in [3.63, 3.8) is 0 Å². The van der Waals surface area contributed by atoms with Crippen molar-refractivity contribution in [2.45, 2.75) is 31.5 Å². The van der Waals surface area contributed by atoms with Gasteiger partial charge in [0.2, 0.25) is 0 Å². The number of halogens is 3. The fraction of sp³-hybridized carbons (Fsp3) is 0.304. The first kappa shape index (κ1) is 22.8. The molecule has 9 nitrogen and oxygen atoms in total. The van der Waals surface area contributed by atoms with Gasteiger partial charge in [0, 0.05) is 29.9 Å². The molecule has 0 bridgehead atoms. The number of aromatic nitrogens is 3. The lowest BCUT2D eigenvalue weighted by Gasteiger charge is -2.16. The molecule has 2 N–H and O–H groups in total. The molecule has 0 saturated carbocycles. The van der Waals surface area contributed by atoms with Gasteiger partial charge in [-0.3, -0.25) is 14.5 Å². The van der Waals surface area contributed by atoms with Crippen LogP contribution in [0.2, 0.25) is 0 Å². The largest absolute Gasteiger partial charge is 0.488 e. The van der Waals surface area contributed by atoms with E-state index < -0.39 is 28.3 Å². The summed E-state index contributed by atoms with van der Waals surface area (Å²) in [6.45, 7) is 2.76. The van der Waals surface area contributed by atoms with Crippen LogP contribution in [0.1, 0.15) is 36.2 Å². The molecule has 0 spiro atoms. The molecule has 0 radical (unpaired) electrons. The Balaban J connectivity index is 1.62. The van der Waals surface area contributed by atoms with Gasteiger partial charge in [-0.2, -0.15) is 13.2 Å². The van der Waals surface area contributed by atoms with E-state index in [-0.39, 0.29) is 17.5 Å². The molecule has 3 heterocycles. The Kier molecular flexibility index (Phi) is 5.47. The van der Waals surface area contributed by atoms with E-state index in [0.29, 0.717) is 47.4 Å². The number of nitro benzene ring substituents is 1. The number of non-ortho nitro benzene ring substituents is 1. The summed E-state index contributed by atoms with van der Waals surface area (Å²) in [5.41, 5.74) is 5.57.